The summed E-state index contributed by atoms with van der Waals surface area (Å²) in [4.78, 5) is 28.7. The molecule has 1 aliphatic carbocycles. The first-order valence-electron chi connectivity index (χ1n) is 8.01. The van der Waals surface area contributed by atoms with Crippen LogP contribution in [-0.4, -0.2) is 59.3 Å². The highest BCUT2D eigenvalue weighted by Gasteiger charge is 2.34. The molecule has 8 heteroatoms. The van der Waals surface area contributed by atoms with Gasteiger partial charge in [0.2, 0.25) is 5.88 Å². The normalized spacial score (nSPS) is 19.5. The third-order valence-electron chi connectivity index (χ3n) is 4.17. The fourth-order valence-electron chi connectivity index (χ4n) is 2.73. The Balaban J connectivity index is 1.67. The van der Waals surface area contributed by atoms with Crippen LogP contribution in [0.1, 0.15) is 25.3 Å². The summed E-state index contributed by atoms with van der Waals surface area (Å²) in [5, 5.41) is 14.6. The van der Waals surface area contributed by atoms with Gasteiger partial charge in [-0.25, -0.2) is 9.78 Å². The number of hydrogen-bond acceptors (Lipinski definition) is 5. The van der Waals surface area contributed by atoms with E-state index in [4.69, 9.17) is 9.84 Å². The van der Waals surface area contributed by atoms with E-state index in [-0.39, 0.29) is 24.7 Å². The number of hydrogen-bond donors (Lipinski definition) is 3. The van der Waals surface area contributed by atoms with Gasteiger partial charge < -0.3 is 20.5 Å². The summed E-state index contributed by atoms with van der Waals surface area (Å²) in [5.74, 6) is -0.287. The molecule has 132 valence electrons. The first-order valence-corrected chi connectivity index (χ1v) is 8.01. The number of nitrogens with one attached hydrogen (secondary N) is 2. The summed E-state index contributed by atoms with van der Waals surface area (Å²) in [5.41, 5.74) is 0.885. The zero-order valence-electron chi connectivity index (χ0n) is 14.0. The summed E-state index contributed by atoms with van der Waals surface area (Å²) in [7, 11) is 1.55. The summed E-state index contributed by atoms with van der Waals surface area (Å²) < 4.78 is 4.98. The molecular weight excluding hydrogens is 312 g/mol. The van der Waals surface area contributed by atoms with Gasteiger partial charge in [0.05, 0.1) is 13.7 Å². The Morgan fingerprint density at radius 2 is 2.17 bits per heavy atom. The van der Waals surface area contributed by atoms with E-state index in [1.54, 1.807) is 19.4 Å². The number of carbonyl (C=O) groups is 2. The molecule has 0 radical (unpaired) electrons. The van der Waals surface area contributed by atoms with E-state index in [0.717, 1.165) is 18.4 Å². The SMILES string of the molecule is CCN(CC(=O)O)C1CC(NC(=O)NCc2ccc(OC)nc2)C1. The van der Waals surface area contributed by atoms with E-state index < -0.39 is 5.97 Å². The van der Waals surface area contributed by atoms with Crippen LogP contribution in [0.25, 0.3) is 0 Å². The summed E-state index contributed by atoms with van der Waals surface area (Å²) in [6, 6.07) is 3.67. The van der Waals surface area contributed by atoms with Crippen molar-refractivity contribution < 1.29 is 19.4 Å². The van der Waals surface area contributed by atoms with Gasteiger partial charge >= 0.3 is 12.0 Å². The Hall–Kier alpha value is -2.35. The first-order chi connectivity index (χ1) is 11.5. The Kier molecular flexibility index (Phi) is 6.36. The van der Waals surface area contributed by atoms with E-state index in [1.807, 2.05) is 17.9 Å². The smallest absolute Gasteiger partial charge is 0.317 e. The third kappa shape index (κ3) is 5.09. The number of rotatable bonds is 8. The fourth-order valence-corrected chi connectivity index (χ4v) is 2.73. The van der Waals surface area contributed by atoms with Crippen molar-refractivity contribution in [3.8, 4) is 5.88 Å². The highest BCUT2D eigenvalue weighted by molar-refractivity contribution is 5.74. The largest absolute Gasteiger partial charge is 0.481 e. The Morgan fingerprint density at radius 3 is 2.71 bits per heavy atom. The van der Waals surface area contributed by atoms with Crippen LogP contribution in [0.5, 0.6) is 5.88 Å². The summed E-state index contributed by atoms with van der Waals surface area (Å²) >= 11 is 0. The molecule has 0 bridgehead atoms. The number of carbonyl (C=O) groups excluding carboxylic acids is 1. The van der Waals surface area contributed by atoms with Gasteiger partial charge in [0.25, 0.3) is 0 Å². The lowest BCUT2D eigenvalue weighted by Crippen LogP contribution is -2.56. The molecule has 1 aromatic rings. The number of carboxylic acid groups (broad SMARTS) is 1. The average molecular weight is 336 g/mol. The average Bonchev–Trinajstić information content (AvgIpc) is 2.54. The van der Waals surface area contributed by atoms with Crippen LogP contribution in [-0.2, 0) is 11.3 Å². The minimum absolute atomic E-state index is 0.0462. The van der Waals surface area contributed by atoms with E-state index in [1.165, 1.54) is 0 Å². The van der Waals surface area contributed by atoms with Gasteiger partial charge in [-0.15, -0.1) is 0 Å². The van der Waals surface area contributed by atoms with Crippen LogP contribution in [0.2, 0.25) is 0 Å². The standard InChI is InChI=1S/C16H24N4O4/c1-3-20(10-15(21)22)13-6-12(7-13)19-16(23)18-9-11-4-5-14(24-2)17-8-11/h4-5,8,12-13H,3,6-7,9-10H2,1-2H3,(H,21,22)(H2,18,19,23). The Labute approximate surface area is 141 Å². The summed E-state index contributed by atoms with van der Waals surface area (Å²) in [6.07, 6.45) is 3.21. The molecule has 0 saturated heterocycles. The fraction of sp³-hybridized carbons (Fsp3) is 0.562. The predicted octanol–water partition coefficient (Wildman–Crippen LogP) is 0.827. The quantitative estimate of drug-likeness (QED) is 0.649. The van der Waals surface area contributed by atoms with Crippen molar-refractivity contribution in [1.29, 1.82) is 0 Å². The lowest BCUT2D eigenvalue weighted by molar-refractivity contribution is -0.139. The topological polar surface area (TPSA) is 104 Å². The molecule has 0 unspecified atom stereocenters. The number of ether oxygens (including phenoxy) is 1. The number of likely N-dealkylation sites (N-methyl/N-ethyl adjacent to an activating group) is 1. The molecule has 0 aliphatic heterocycles. The van der Waals surface area contributed by atoms with Crippen molar-refractivity contribution in [2.75, 3.05) is 20.2 Å². The number of nitrogens with zero attached hydrogens (tertiary/aromatic N) is 2. The van der Waals surface area contributed by atoms with Gasteiger partial charge in [0.15, 0.2) is 0 Å². The third-order valence-corrected chi connectivity index (χ3v) is 4.17. The Morgan fingerprint density at radius 1 is 1.42 bits per heavy atom. The van der Waals surface area contributed by atoms with Crippen LogP contribution < -0.4 is 15.4 Å². The second kappa shape index (κ2) is 8.49. The zero-order valence-corrected chi connectivity index (χ0v) is 14.0. The lowest BCUT2D eigenvalue weighted by Gasteiger charge is -2.42. The number of urea groups is 1. The molecule has 0 aromatic carbocycles. The second-order valence-electron chi connectivity index (χ2n) is 5.81. The second-order valence-corrected chi connectivity index (χ2v) is 5.81. The van der Waals surface area contributed by atoms with Crippen molar-refractivity contribution in [3.63, 3.8) is 0 Å². The molecule has 8 nitrogen and oxygen atoms in total. The zero-order chi connectivity index (χ0) is 17.5. The van der Waals surface area contributed by atoms with Crippen LogP contribution in [0, 0.1) is 0 Å². The predicted molar refractivity (Wildman–Crippen MR) is 87.9 cm³/mol. The van der Waals surface area contributed by atoms with Crippen LogP contribution >= 0.6 is 0 Å². The monoisotopic (exact) mass is 336 g/mol. The van der Waals surface area contributed by atoms with Crippen LogP contribution in [0.3, 0.4) is 0 Å². The molecule has 1 fully saturated rings. The molecule has 24 heavy (non-hydrogen) atoms. The molecular formula is C16H24N4O4. The van der Waals surface area contributed by atoms with Gasteiger partial charge in [0, 0.05) is 30.9 Å². The van der Waals surface area contributed by atoms with Crippen LogP contribution in [0.4, 0.5) is 4.79 Å². The maximum Gasteiger partial charge on any atom is 0.317 e. The minimum Gasteiger partial charge on any atom is -0.481 e. The van der Waals surface area contributed by atoms with Crippen molar-refractivity contribution in [3.05, 3.63) is 23.9 Å². The molecule has 0 atom stereocenters. The summed E-state index contributed by atoms with van der Waals surface area (Å²) in [6.45, 7) is 3.07. The number of aromatic nitrogens is 1. The van der Waals surface area contributed by atoms with Gasteiger partial charge in [0.1, 0.15) is 0 Å². The molecule has 1 aromatic heterocycles. The molecule has 0 spiro atoms. The highest BCUT2D eigenvalue weighted by Crippen LogP contribution is 2.25. The van der Waals surface area contributed by atoms with E-state index in [0.29, 0.717) is 19.0 Å². The van der Waals surface area contributed by atoms with Crippen molar-refractivity contribution in [2.24, 2.45) is 0 Å². The van der Waals surface area contributed by atoms with Gasteiger partial charge in [-0.1, -0.05) is 13.0 Å². The number of aliphatic carboxylic acids is 1. The number of methoxy groups -OCH3 is 1. The molecule has 2 amide bonds. The Bertz CT molecular complexity index is 558. The maximum absolute atomic E-state index is 11.9. The van der Waals surface area contributed by atoms with Gasteiger partial charge in [-0.2, -0.15) is 0 Å². The number of pyridine rings is 1. The van der Waals surface area contributed by atoms with Gasteiger partial charge in [-0.3, -0.25) is 9.69 Å². The molecule has 1 heterocycles. The minimum atomic E-state index is -0.820. The van der Waals surface area contributed by atoms with E-state index in [9.17, 15) is 9.59 Å². The van der Waals surface area contributed by atoms with Crippen molar-refractivity contribution >= 4 is 12.0 Å². The maximum atomic E-state index is 11.9. The van der Waals surface area contributed by atoms with Crippen LogP contribution in [0.15, 0.2) is 18.3 Å². The molecule has 1 aliphatic rings. The van der Waals surface area contributed by atoms with Crippen molar-refractivity contribution in [2.45, 2.75) is 38.4 Å². The van der Waals surface area contributed by atoms with Crippen molar-refractivity contribution in [1.82, 2.24) is 20.5 Å². The van der Waals surface area contributed by atoms with Gasteiger partial charge in [-0.05, 0) is 24.9 Å². The number of amides is 2. The first kappa shape index (κ1) is 18.0. The highest BCUT2D eigenvalue weighted by atomic mass is 16.5. The van der Waals surface area contributed by atoms with E-state index in [2.05, 4.69) is 15.6 Å². The van der Waals surface area contributed by atoms with E-state index >= 15 is 0 Å². The molecule has 3 N–H and O–H groups in total. The molecule has 1 saturated carbocycles. The lowest BCUT2D eigenvalue weighted by atomic mass is 9.85. The number of carboxylic acids is 1. The molecule has 2 rings (SSSR count).